The van der Waals surface area contributed by atoms with Gasteiger partial charge in [0.25, 0.3) is 0 Å². The van der Waals surface area contributed by atoms with E-state index in [0.717, 1.165) is 31.6 Å². The molecule has 0 aromatic carbocycles. The van der Waals surface area contributed by atoms with E-state index in [4.69, 9.17) is 23.2 Å². The number of likely N-dealkylation sites (N-methyl/N-ethyl adjacent to an activating group) is 1. The van der Waals surface area contributed by atoms with Crippen LogP contribution in [-0.4, -0.2) is 47.5 Å². The predicted molar refractivity (Wildman–Crippen MR) is 80.9 cm³/mol. The van der Waals surface area contributed by atoms with Crippen molar-refractivity contribution in [1.29, 1.82) is 0 Å². The van der Waals surface area contributed by atoms with Gasteiger partial charge in [0.1, 0.15) is 10.3 Å². The van der Waals surface area contributed by atoms with E-state index in [1.54, 1.807) is 0 Å². The minimum Gasteiger partial charge on any atom is -0.305 e. The Morgan fingerprint density at radius 1 is 1.32 bits per heavy atom. The van der Waals surface area contributed by atoms with Crippen molar-refractivity contribution in [3.8, 4) is 0 Å². The van der Waals surface area contributed by atoms with E-state index in [2.05, 4.69) is 28.8 Å². The second kappa shape index (κ2) is 6.89. The van der Waals surface area contributed by atoms with Crippen molar-refractivity contribution >= 4 is 23.2 Å². The van der Waals surface area contributed by atoms with Gasteiger partial charge in [0.15, 0.2) is 0 Å². The first-order chi connectivity index (χ1) is 9.10. The molecule has 3 nitrogen and oxygen atoms in total. The van der Waals surface area contributed by atoms with Crippen molar-refractivity contribution in [2.45, 2.75) is 32.4 Å². The molecule has 2 heterocycles. The van der Waals surface area contributed by atoms with Crippen molar-refractivity contribution in [3.63, 3.8) is 0 Å². The zero-order valence-corrected chi connectivity index (χ0v) is 13.1. The smallest absolute Gasteiger partial charge is 0.135 e. The number of rotatable bonds is 3. The van der Waals surface area contributed by atoms with E-state index in [9.17, 15) is 0 Å². The first kappa shape index (κ1) is 15.0. The van der Waals surface area contributed by atoms with Gasteiger partial charge in [-0.25, -0.2) is 4.98 Å². The summed E-state index contributed by atoms with van der Waals surface area (Å²) in [5.41, 5.74) is 1.06. The molecule has 19 heavy (non-hydrogen) atoms. The fraction of sp³-hybridized carbons (Fsp3) is 0.643. The van der Waals surface area contributed by atoms with E-state index in [0.29, 0.717) is 16.3 Å². The van der Waals surface area contributed by atoms with Crippen molar-refractivity contribution < 1.29 is 0 Å². The lowest BCUT2D eigenvalue weighted by Gasteiger charge is -2.30. The molecule has 1 aromatic heterocycles. The van der Waals surface area contributed by atoms with Crippen molar-refractivity contribution in [2.75, 3.05) is 26.7 Å². The van der Waals surface area contributed by atoms with Gasteiger partial charge in [-0.2, -0.15) is 0 Å². The lowest BCUT2D eigenvalue weighted by atomic mass is 10.1. The summed E-state index contributed by atoms with van der Waals surface area (Å²) < 4.78 is 0. The summed E-state index contributed by atoms with van der Waals surface area (Å²) >= 11 is 12.0. The summed E-state index contributed by atoms with van der Waals surface area (Å²) in [6.45, 7) is 6.50. The van der Waals surface area contributed by atoms with Gasteiger partial charge in [-0.05, 0) is 32.5 Å². The maximum absolute atomic E-state index is 6.18. The quantitative estimate of drug-likeness (QED) is 0.799. The maximum atomic E-state index is 6.18. The van der Waals surface area contributed by atoms with Crippen LogP contribution < -0.4 is 0 Å². The number of pyridine rings is 1. The molecular formula is C14H21Cl2N3. The van der Waals surface area contributed by atoms with Gasteiger partial charge in [-0.3, -0.25) is 4.90 Å². The van der Waals surface area contributed by atoms with E-state index in [-0.39, 0.29) is 0 Å². The average molecular weight is 302 g/mol. The van der Waals surface area contributed by atoms with Crippen LogP contribution in [0.1, 0.15) is 25.3 Å². The molecule has 0 aliphatic carbocycles. The summed E-state index contributed by atoms with van der Waals surface area (Å²) in [5, 5.41) is 0.983. The van der Waals surface area contributed by atoms with E-state index < -0.39 is 0 Å². The molecule has 1 fully saturated rings. The molecule has 1 atom stereocenters. The lowest BCUT2D eigenvalue weighted by molar-refractivity contribution is 0.176. The lowest BCUT2D eigenvalue weighted by Crippen LogP contribution is -2.39. The van der Waals surface area contributed by atoms with Gasteiger partial charge in [0, 0.05) is 31.2 Å². The molecule has 0 spiro atoms. The second-order valence-corrected chi connectivity index (χ2v) is 5.98. The molecule has 1 aromatic rings. The molecule has 1 aliphatic heterocycles. The highest BCUT2D eigenvalue weighted by atomic mass is 35.5. The Hall–Kier alpha value is -0.350. The monoisotopic (exact) mass is 301 g/mol. The predicted octanol–water partition coefficient (Wildman–Crippen LogP) is 3.30. The van der Waals surface area contributed by atoms with Crippen molar-refractivity contribution in [3.05, 3.63) is 28.0 Å². The third-order valence-corrected chi connectivity index (χ3v) is 4.30. The highest BCUT2D eigenvalue weighted by molar-refractivity contribution is 6.32. The van der Waals surface area contributed by atoms with Crippen LogP contribution in [0.15, 0.2) is 12.1 Å². The van der Waals surface area contributed by atoms with Gasteiger partial charge >= 0.3 is 0 Å². The average Bonchev–Trinajstić information content (AvgIpc) is 2.54. The molecule has 0 N–H and O–H groups in total. The Morgan fingerprint density at radius 3 is 2.79 bits per heavy atom. The van der Waals surface area contributed by atoms with Crippen LogP contribution >= 0.6 is 23.2 Å². The van der Waals surface area contributed by atoms with Crippen LogP contribution in [0, 0.1) is 0 Å². The van der Waals surface area contributed by atoms with E-state index in [1.165, 1.54) is 13.0 Å². The Labute approximate surface area is 125 Å². The molecule has 2 rings (SSSR count). The van der Waals surface area contributed by atoms with Gasteiger partial charge < -0.3 is 4.90 Å². The third kappa shape index (κ3) is 4.06. The molecule has 0 saturated carbocycles. The SMILES string of the molecule is CCC1CN(C)CCCN1Cc1ccc(Cl)nc1Cl. The van der Waals surface area contributed by atoms with Crippen LogP contribution in [0.3, 0.4) is 0 Å². The zero-order valence-electron chi connectivity index (χ0n) is 11.6. The van der Waals surface area contributed by atoms with Crippen molar-refractivity contribution in [2.24, 2.45) is 0 Å². The summed E-state index contributed by atoms with van der Waals surface area (Å²) in [6, 6.07) is 4.38. The van der Waals surface area contributed by atoms with Gasteiger partial charge in [-0.1, -0.05) is 36.2 Å². The zero-order chi connectivity index (χ0) is 13.8. The minimum absolute atomic E-state index is 0.455. The largest absolute Gasteiger partial charge is 0.305 e. The summed E-state index contributed by atoms with van der Waals surface area (Å²) in [6.07, 6.45) is 2.36. The standard InChI is InChI=1S/C14H21Cl2N3/c1-3-12-10-18(2)7-4-8-19(12)9-11-5-6-13(15)17-14(11)16/h5-6,12H,3-4,7-10H2,1-2H3. The van der Waals surface area contributed by atoms with Gasteiger partial charge in [0.05, 0.1) is 0 Å². The topological polar surface area (TPSA) is 19.4 Å². The second-order valence-electron chi connectivity index (χ2n) is 5.23. The van der Waals surface area contributed by atoms with Crippen LogP contribution in [0.2, 0.25) is 10.3 Å². The molecule has 1 aliphatic rings. The maximum Gasteiger partial charge on any atom is 0.135 e. The Morgan fingerprint density at radius 2 is 2.11 bits per heavy atom. The van der Waals surface area contributed by atoms with Crippen molar-refractivity contribution in [1.82, 2.24) is 14.8 Å². The van der Waals surface area contributed by atoms with Crippen LogP contribution in [0.5, 0.6) is 0 Å². The van der Waals surface area contributed by atoms with Crippen LogP contribution in [0.25, 0.3) is 0 Å². The van der Waals surface area contributed by atoms with Gasteiger partial charge in [-0.15, -0.1) is 0 Å². The van der Waals surface area contributed by atoms with Gasteiger partial charge in [0.2, 0.25) is 0 Å². The number of nitrogens with zero attached hydrogens (tertiary/aromatic N) is 3. The number of hydrogen-bond donors (Lipinski definition) is 0. The highest BCUT2D eigenvalue weighted by Gasteiger charge is 2.22. The Kier molecular flexibility index (Phi) is 5.46. The Balaban J connectivity index is 2.11. The minimum atomic E-state index is 0.455. The fourth-order valence-electron chi connectivity index (χ4n) is 2.67. The number of aromatic nitrogens is 1. The van der Waals surface area contributed by atoms with Crippen LogP contribution in [0.4, 0.5) is 0 Å². The number of halogens is 2. The molecule has 0 amide bonds. The molecule has 5 heteroatoms. The van der Waals surface area contributed by atoms with E-state index >= 15 is 0 Å². The highest BCUT2D eigenvalue weighted by Crippen LogP contribution is 2.21. The molecule has 0 bridgehead atoms. The normalized spacial score (nSPS) is 22.4. The molecular weight excluding hydrogens is 281 g/mol. The summed E-state index contributed by atoms with van der Waals surface area (Å²) in [5.74, 6) is 0. The first-order valence-electron chi connectivity index (χ1n) is 6.83. The summed E-state index contributed by atoms with van der Waals surface area (Å²) in [7, 11) is 2.20. The first-order valence-corrected chi connectivity index (χ1v) is 7.59. The molecule has 1 saturated heterocycles. The number of hydrogen-bond acceptors (Lipinski definition) is 3. The Bertz CT molecular complexity index is 425. The fourth-order valence-corrected chi connectivity index (χ4v) is 3.07. The van der Waals surface area contributed by atoms with Crippen LogP contribution in [-0.2, 0) is 6.54 Å². The molecule has 0 radical (unpaired) electrons. The van der Waals surface area contributed by atoms with E-state index in [1.807, 2.05) is 12.1 Å². The molecule has 1 unspecified atom stereocenters. The summed E-state index contributed by atoms with van der Waals surface area (Å²) in [4.78, 5) is 9.05. The third-order valence-electron chi connectivity index (χ3n) is 3.76. The molecule has 106 valence electrons.